The van der Waals surface area contributed by atoms with E-state index in [1.165, 1.54) is 0 Å². The molecule has 0 saturated carbocycles. The number of nitrogens with two attached hydrogens (primary N) is 1. The molecule has 1 heterocycles. The highest BCUT2D eigenvalue weighted by atomic mass is 16.2. The van der Waals surface area contributed by atoms with Gasteiger partial charge in [0.2, 0.25) is 5.91 Å². The van der Waals surface area contributed by atoms with Crippen molar-refractivity contribution in [3.05, 3.63) is 0 Å². The van der Waals surface area contributed by atoms with E-state index in [0.29, 0.717) is 18.2 Å². The summed E-state index contributed by atoms with van der Waals surface area (Å²) in [7, 11) is 0. The van der Waals surface area contributed by atoms with Crippen molar-refractivity contribution in [1.82, 2.24) is 4.90 Å². The van der Waals surface area contributed by atoms with Gasteiger partial charge >= 0.3 is 0 Å². The zero-order valence-corrected chi connectivity index (χ0v) is 9.33. The maximum atomic E-state index is 11.6. The molecule has 0 aromatic heterocycles. The number of hydrogen-bond acceptors (Lipinski definition) is 2. The van der Waals surface area contributed by atoms with Gasteiger partial charge in [-0.15, -0.1) is 0 Å². The Morgan fingerprint density at radius 2 is 2.14 bits per heavy atom. The van der Waals surface area contributed by atoms with E-state index in [-0.39, 0.29) is 6.04 Å². The van der Waals surface area contributed by atoms with Crippen LogP contribution in [0.25, 0.3) is 0 Å². The molecule has 3 heteroatoms. The van der Waals surface area contributed by atoms with Gasteiger partial charge in [-0.25, -0.2) is 0 Å². The lowest BCUT2D eigenvalue weighted by molar-refractivity contribution is -0.134. The third-order valence-corrected chi connectivity index (χ3v) is 3.17. The van der Waals surface area contributed by atoms with Gasteiger partial charge in [0.05, 0.1) is 0 Å². The van der Waals surface area contributed by atoms with E-state index in [2.05, 4.69) is 13.8 Å². The molecule has 1 atom stereocenters. The first-order valence-electron chi connectivity index (χ1n) is 5.70. The maximum Gasteiger partial charge on any atom is 0.222 e. The van der Waals surface area contributed by atoms with E-state index in [4.69, 9.17) is 5.73 Å². The SMILES string of the molecule is CCC(CC)CN1CC(N)CCC1=O. The predicted molar refractivity (Wildman–Crippen MR) is 57.9 cm³/mol. The molecular formula is C11H22N2O. The Morgan fingerprint density at radius 3 is 2.71 bits per heavy atom. The van der Waals surface area contributed by atoms with Crippen molar-refractivity contribution < 1.29 is 4.79 Å². The molecule has 14 heavy (non-hydrogen) atoms. The molecule has 3 nitrogen and oxygen atoms in total. The molecule has 2 N–H and O–H groups in total. The molecule has 1 amide bonds. The summed E-state index contributed by atoms with van der Waals surface area (Å²) in [5, 5.41) is 0. The average molecular weight is 198 g/mol. The number of nitrogens with zero attached hydrogens (tertiary/aromatic N) is 1. The molecule has 0 aromatic carbocycles. The monoisotopic (exact) mass is 198 g/mol. The number of carbonyl (C=O) groups is 1. The summed E-state index contributed by atoms with van der Waals surface area (Å²) in [6.45, 7) is 6.03. The normalized spacial score (nSPS) is 23.3. The fraction of sp³-hybridized carbons (Fsp3) is 0.909. The minimum absolute atomic E-state index is 0.196. The molecule has 0 spiro atoms. The lowest BCUT2D eigenvalue weighted by Crippen LogP contribution is -2.47. The van der Waals surface area contributed by atoms with Crippen LogP contribution in [0.15, 0.2) is 0 Å². The number of carbonyl (C=O) groups excluding carboxylic acids is 1. The van der Waals surface area contributed by atoms with E-state index in [1.807, 2.05) is 4.90 Å². The van der Waals surface area contributed by atoms with E-state index in [9.17, 15) is 4.79 Å². The first-order chi connectivity index (χ1) is 6.67. The maximum absolute atomic E-state index is 11.6. The van der Waals surface area contributed by atoms with Crippen LogP contribution in [0.3, 0.4) is 0 Å². The van der Waals surface area contributed by atoms with Crippen molar-refractivity contribution >= 4 is 5.91 Å². The van der Waals surface area contributed by atoms with Crippen LogP contribution in [-0.4, -0.2) is 29.9 Å². The average Bonchev–Trinajstić information content (AvgIpc) is 2.19. The van der Waals surface area contributed by atoms with Crippen LogP contribution in [0.4, 0.5) is 0 Å². The highest BCUT2D eigenvalue weighted by Crippen LogP contribution is 2.15. The van der Waals surface area contributed by atoms with Gasteiger partial charge in [0, 0.05) is 25.6 Å². The zero-order chi connectivity index (χ0) is 10.6. The van der Waals surface area contributed by atoms with Crippen LogP contribution in [0.2, 0.25) is 0 Å². The lowest BCUT2D eigenvalue weighted by atomic mass is 9.99. The van der Waals surface area contributed by atoms with Crippen LogP contribution < -0.4 is 5.73 Å². The Morgan fingerprint density at radius 1 is 1.50 bits per heavy atom. The molecule has 1 saturated heterocycles. The molecule has 82 valence electrons. The Bertz CT molecular complexity index is 190. The van der Waals surface area contributed by atoms with Crippen molar-refractivity contribution in [2.75, 3.05) is 13.1 Å². The van der Waals surface area contributed by atoms with Crippen LogP contribution in [0.5, 0.6) is 0 Å². The zero-order valence-electron chi connectivity index (χ0n) is 9.33. The molecule has 1 unspecified atom stereocenters. The smallest absolute Gasteiger partial charge is 0.222 e. The van der Waals surface area contributed by atoms with Gasteiger partial charge in [0.25, 0.3) is 0 Å². The highest BCUT2D eigenvalue weighted by Gasteiger charge is 2.24. The molecule has 0 radical (unpaired) electrons. The van der Waals surface area contributed by atoms with E-state index in [1.54, 1.807) is 0 Å². The van der Waals surface area contributed by atoms with Gasteiger partial charge < -0.3 is 10.6 Å². The van der Waals surface area contributed by atoms with Crippen LogP contribution >= 0.6 is 0 Å². The number of likely N-dealkylation sites (tertiary alicyclic amines) is 1. The Labute approximate surface area is 86.6 Å². The second-order valence-corrected chi connectivity index (χ2v) is 4.28. The van der Waals surface area contributed by atoms with Gasteiger partial charge in [0.1, 0.15) is 0 Å². The lowest BCUT2D eigenvalue weighted by Gasteiger charge is -2.33. The van der Waals surface area contributed by atoms with Crippen molar-refractivity contribution in [1.29, 1.82) is 0 Å². The molecule has 0 bridgehead atoms. The van der Waals surface area contributed by atoms with Crippen LogP contribution in [-0.2, 0) is 4.79 Å². The first kappa shape index (κ1) is 11.5. The van der Waals surface area contributed by atoms with Crippen LogP contribution in [0.1, 0.15) is 39.5 Å². The third kappa shape index (κ3) is 2.98. The minimum atomic E-state index is 0.196. The molecule has 0 aromatic rings. The second-order valence-electron chi connectivity index (χ2n) is 4.28. The molecule has 1 rings (SSSR count). The first-order valence-corrected chi connectivity index (χ1v) is 5.70. The number of rotatable bonds is 4. The van der Waals surface area contributed by atoms with E-state index < -0.39 is 0 Å². The molecule has 1 aliphatic rings. The van der Waals surface area contributed by atoms with Gasteiger partial charge in [-0.2, -0.15) is 0 Å². The quantitative estimate of drug-likeness (QED) is 0.741. The number of hydrogen-bond donors (Lipinski definition) is 1. The summed E-state index contributed by atoms with van der Waals surface area (Å²) >= 11 is 0. The Hall–Kier alpha value is -0.570. The summed E-state index contributed by atoms with van der Waals surface area (Å²) in [6, 6.07) is 0.196. The van der Waals surface area contributed by atoms with Gasteiger partial charge in [-0.3, -0.25) is 4.79 Å². The largest absolute Gasteiger partial charge is 0.341 e. The molecular weight excluding hydrogens is 176 g/mol. The Balaban J connectivity index is 2.44. The van der Waals surface area contributed by atoms with Gasteiger partial charge in [-0.1, -0.05) is 26.7 Å². The fourth-order valence-corrected chi connectivity index (χ4v) is 1.98. The van der Waals surface area contributed by atoms with Crippen molar-refractivity contribution in [3.63, 3.8) is 0 Å². The molecule has 0 aliphatic carbocycles. The molecule has 1 fully saturated rings. The fourth-order valence-electron chi connectivity index (χ4n) is 1.98. The summed E-state index contributed by atoms with van der Waals surface area (Å²) in [5.41, 5.74) is 5.85. The third-order valence-electron chi connectivity index (χ3n) is 3.17. The summed E-state index contributed by atoms with van der Waals surface area (Å²) in [6.07, 6.45) is 3.80. The Kier molecular flexibility index (Phi) is 4.39. The topological polar surface area (TPSA) is 46.3 Å². The van der Waals surface area contributed by atoms with Crippen molar-refractivity contribution in [2.24, 2.45) is 11.7 Å². The van der Waals surface area contributed by atoms with E-state index in [0.717, 1.165) is 32.4 Å². The number of piperidine rings is 1. The minimum Gasteiger partial charge on any atom is -0.341 e. The summed E-state index contributed by atoms with van der Waals surface area (Å²) in [5.74, 6) is 0.933. The highest BCUT2D eigenvalue weighted by molar-refractivity contribution is 5.77. The standard InChI is InChI=1S/C11H22N2O/c1-3-9(4-2)7-13-8-10(12)5-6-11(13)14/h9-10H,3-8,12H2,1-2H3. The van der Waals surface area contributed by atoms with Crippen molar-refractivity contribution in [3.8, 4) is 0 Å². The second kappa shape index (κ2) is 5.35. The van der Waals surface area contributed by atoms with Crippen molar-refractivity contribution in [2.45, 2.75) is 45.6 Å². The summed E-state index contributed by atoms with van der Waals surface area (Å²) in [4.78, 5) is 13.5. The molecule has 1 aliphatic heterocycles. The summed E-state index contributed by atoms with van der Waals surface area (Å²) < 4.78 is 0. The van der Waals surface area contributed by atoms with E-state index >= 15 is 0 Å². The van der Waals surface area contributed by atoms with Gasteiger partial charge in [0.15, 0.2) is 0 Å². The number of amides is 1. The van der Waals surface area contributed by atoms with Gasteiger partial charge in [-0.05, 0) is 12.3 Å². The van der Waals surface area contributed by atoms with Crippen LogP contribution in [0, 0.1) is 5.92 Å². The predicted octanol–water partition coefficient (Wildman–Crippen LogP) is 1.37.